The lowest BCUT2D eigenvalue weighted by Crippen LogP contribution is -2.43. The molecule has 0 radical (unpaired) electrons. The van der Waals surface area contributed by atoms with Crippen molar-refractivity contribution in [1.82, 2.24) is 0 Å². The quantitative estimate of drug-likeness (QED) is 0.130. The number of aromatic hydroxyl groups is 1. The molecule has 4 amide bonds. The first-order chi connectivity index (χ1) is 27.8. The molecule has 22 heteroatoms. The number of allylic oxidation sites excluding steroid dienone is 2. The normalized spacial score (nSPS) is 23.3. The number of carbonyl (C=O) groups excluding carboxylic acids is 4. The summed E-state index contributed by atoms with van der Waals surface area (Å²) in [6, 6.07) is 8.00. The standard InChI is InChI=1S/C37H34N8O14/c1-38(2)31-23(42(51)52)11-16(12-24(31)43(53)54)40-34(47)20-10-9-18-21(29(20)36(40)49)15-22-30(28(18)19-7-6-8-27(59-5)33(19)46)37(50)41(35(22)48)17-13-25(44(55)56)32(39(3)4)26(14-17)45(57)58/h6-9,11-14,20-22,28-30,46H,10,15H2,1-5H3/t20-,21+,22+,28+,29-,30+/m0/s1. The number of fused-ring (bicyclic) bond motifs is 4. The summed E-state index contributed by atoms with van der Waals surface area (Å²) < 4.78 is 5.34. The highest BCUT2D eigenvalue weighted by Crippen LogP contribution is 2.60. The van der Waals surface area contributed by atoms with Crippen molar-refractivity contribution in [3.63, 3.8) is 0 Å². The summed E-state index contributed by atoms with van der Waals surface area (Å²) in [5.74, 6) is -11.0. The Labute approximate surface area is 332 Å². The Morgan fingerprint density at radius 3 is 1.53 bits per heavy atom. The van der Waals surface area contributed by atoms with E-state index in [-0.39, 0.29) is 35.5 Å². The van der Waals surface area contributed by atoms with E-state index in [9.17, 15) is 64.7 Å². The summed E-state index contributed by atoms with van der Waals surface area (Å²) in [6.45, 7) is 0. The molecule has 3 fully saturated rings. The van der Waals surface area contributed by atoms with Gasteiger partial charge in [0.25, 0.3) is 0 Å². The Hall–Kier alpha value is -7.52. The van der Waals surface area contributed by atoms with Gasteiger partial charge < -0.3 is 19.6 Å². The first kappa shape index (κ1) is 39.7. The number of ether oxygens (including phenoxy) is 1. The first-order valence-electron chi connectivity index (χ1n) is 17.9. The molecule has 0 spiro atoms. The highest BCUT2D eigenvalue weighted by atomic mass is 16.6. The predicted molar refractivity (Wildman–Crippen MR) is 205 cm³/mol. The summed E-state index contributed by atoms with van der Waals surface area (Å²) in [5, 5.41) is 60.2. The van der Waals surface area contributed by atoms with Gasteiger partial charge in [-0.1, -0.05) is 23.8 Å². The third kappa shape index (κ3) is 5.93. The van der Waals surface area contributed by atoms with Crippen LogP contribution in [0.25, 0.3) is 0 Å². The molecule has 2 heterocycles. The van der Waals surface area contributed by atoms with Gasteiger partial charge in [0.2, 0.25) is 23.6 Å². The van der Waals surface area contributed by atoms with Gasteiger partial charge in [-0.15, -0.1) is 0 Å². The predicted octanol–water partition coefficient (Wildman–Crippen LogP) is 4.21. The van der Waals surface area contributed by atoms with E-state index in [4.69, 9.17) is 4.74 Å². The number of nitro groups is 4. The summed E-state index contributed by atoms with van der Waals surface area (Å²) >= 11 is 0. The lowest BCUT2D eigenvalue weighted by atomic mass is 9.57. The second-order valence-corrected chi connectivity index (χ2v) is 14.9. The number of para-hydroxylation sites is 1. The van der Waals surface area contributed by atoms with Crippen LogP contribution in [0.2, 0.25) is 0 Å². The maximum Gasteiger partial charge on any atom is 0.301 e. The fourth-order valence-corrected chi connectivity index (χ4v) is 9.31. The van der Waals surface area contributed by atoms with E-state index in [0.29, 0.717) is 15.4 Å². The Morgan fingerprint density at radius 1 is 0.661 bits per heavy atom. The van der Waals surface area contributed by atoms with Gasteiger partial charge in [0.05, 0.1) is 61.8 Å². The lowest BCUT2D eigenvalue weighted by Gasteiger charge is -2.44. The molecule has 0 bridgehead atoms. The minimum Gasteiger partial charge on any atom is -0.504 e. The molecule has 306 valence electrons. The lowest BCUT2D eigenvalue weighted by molar-refractivity contribution is -0.392. The van der Waals surface area contributed by atoms with Crippen molar-refractivity contribution in [2.24, 2.45) is 29.6 Å². The molecule has 7 rings (SSSR count). The SMILES string of the molecule is COc1cccc([C@H]2C3=CC[C@@H]4C(=O)N(c5cc([N+](=O)[O-])c(N(C)C)c([N+](=O)[O-])c5)C(=O)[C@@H]4[C@@H]3C[C@H]3C(=O)N(c4cc([N+](=O)[O-])c(N(C)C)c([N+](=O)[O-])c4)C(=O)[C@@H]23)c1O. The average molecular weight is 815 g/mol. The Bertz CT molecular complexity index is 2410. The number of rotatable bonds is 10. The zero-order chi connectivity index (χ0) is 43.1. The van der Waals surface area contributed by atoms with Crippen LogP contribution in [0.1, 0.15) is 24.3 Å². The number of hydrogen-bond acceptors (Lipinski definition) is 16. The van der Waals surface area contributed by atoms with E-state index in [1.165, 1.54) is 53.5 Å². The third-order valence-electron chi connectivity index (χ3n) is 11.5. The van der Waals surface area contributed by atoms with Gasteiger partial charge in [-0.2, -0.15) is 0 Å². The molecule has 2 aliphatic heterocycles. The molecule has 22 nitrogen and oxygen atoms in total. The zero-order valence-corrected chi connectivity index (χ0v) is 31.8. The van der Waals surface area contributed by atoms with Crippen LogP contribution >= 0.6 is 0 Å². The van der Waals surface area contributed by atoms with Gasteiger partial charge >= 0.3 is 22.7 Å². The molecule has 1 saturated carbocycles. The Balaban J connectivity index is 1.38. The van der Waals surface area contributed by atoms with Crippen molar-refractivity contribution < 1.29 is 48.7 Å². The minimum atomic E-state index is -1.32. The zero-order valence-electron chi connectivity index (χ0n) is 31.8. The number of benzene rings is 3. The highest BCUT2D eigenvalue weighted by molar-refractivity contribution is 6.24. The number of nitro benzene ring substituents is 4. The molecule has 3 aromatic carbocycles. The number of anilines is 4. The number of methoxy groups -OCH3 is 1. The van der Waals surface area contributed by atoms with Gasteiger partial charge in [0.1, 0.15) is 0 Å². The highest BCUT2D eigenvalue weighted by Gasteiger charge is 2.63. The maximum atomic E-state index is 14.7. The van der Waals surface area contributed by atoms with E-state index in [1.807, 2.05) is 0 Å². The van der Waals surface area contributed by atoms with Gasteiger partial charge in [-0.25, -0.2) is 9.80 Å². The molecular formula is C37H34N8O14. The van der Waals surface area contributed by atoms with Crippen LogP contribution in [0.4, 0.5) is 45.5 Å². The molecule has 2 aliphatic carbocycles. The third-order valence-corrected chi connectivity index (χ3v) is 11.5. The second kappa shape index (κ2) is 14.1. The monoisotopic (exact) mass is 814 g/mol. The number of imide groups is 2. The number of nitrogens with zero attached hydrogens (tertiary/aromatic N) is 8. The minimum absolute atomic E-state index is 0.00253. The van der Waals surface area contributed by atoms with Crippen molar-refractivity contribution in [2.45, 2.75) is 18.8 Å². The number of phenolic OH excluding ortho intramolecular Hbond substituents is 1. The largest absolute Gasteiger partial charge is 0.504 e. The van der Waals surface area contributed by atoms with Crippen LogP contribution in [0.3, 0.4) is 0 Å². The summed E-state index contributed by atoms with van der Waals surface area (Å²) in [5.41, 5.74) is -4.13. The van der Waals surface area contributed by atoms with Crippen molar-refractivity contribution in [2.75, 3.05) is 54.9 Å². The van der Waals surface area contributed by atoms with Gasteiger partial charge in [0.15, 0.2) is 22.9 Å². The summed E-state index contributed by atoms with van der Waals surface area (Å²) in [7, 11) is 6.69. The van der Waals surface area contributed by atoms with Crippen LogP contribution in [-0.2, 0) is 19.2 Å². The number of carbonyl (C=O) groups is 4. The van der Waals surface area contributed by atoms with Crippen LogP contribution in [0, 0.1) is 70.0 Å². The van der Waals surface area contributed by atoms with Gasteiger partial charge in [0, 0.05) is 63.9 Å². The molecule has 3 aromatic rings. The van der Waals surface area contributed by atoms with Crippen molar-refractivity contribution in [3.05, 3.63) is 100 Å². The van der Waals surface area contributed by atoms with Crippen LogP contribution in [-0.4, -0.2) is 83.7 Å². The molecule has 6 atom stereocenters. The summed E-state index contributed by atoms with van der Waals surface area (Å²) in [6.07, 6.45) is 1.28. The van der Waals surface area contributed by atoms with E-state index in [2.05, 4.69) is 0 Å². The first-order valence-corrected chi connectivity index (χ1v) is 17.9. The average Bonchev–Trinajstić information content (AvgIpc) is 3.59. The topological polar surface area (TPSA) is 283 Å². The molecular weight excluding hydrogens is 780 g/mol. The number of amides is 4. The molecule has 1 N–H and O–H groups in total. The van der Waals surface area contributed by atoms with Gasteiger partial charge in [-0.3, -0.25) is 59.6 Å². The van der Waals surface area contributed by atoms with Crippen LogP contribution in [0.5, 0.6) is 11.5 Å². The second-order valence-electron chi connectivity index (χ2n) is 14.9. The van der Waals surface area contributed by atoms with Gasteiger partial charge in [-0.05, 0) is 24.8 Å². The van der Waals surface area contributed by atoms with Crippen LogP contribution in [0.15, 0.2) is 54.1 Å². The smallest absolute Gasteiger partial charge is 0.301 e. The molecule has 0 aromatic heterocycles. The van der Waals surface area contributed by atoms with E-state index in [0.717, 1.165) is 34.1 Å². The maximum absolute atomic E-state index is 14.7. The molecule has 59 heavy (non-hydrogen) atoms. The Morgan fingerprint density at radius 2 is 1.10 bits per heavy atom. The Kier molecular flexibility index (Phi) is 9.52. The molecule has 4 aliphatic rings. The number of hydrogen-bond donors (Lipinski definition) is 1. The van der Waals surface area contributed by atoms with E-state index < -0.39 is 119 Å². The van der Waals surface area contributed by atoms with Crippen LogP contribution < -0.4 is 24.3 Å². The fraction of sp³-hybridized carbons (Fsp3) is 0.351. The van der Waals surface area contributed by atoms with Crippen molar-refractivity contribution >= 4 is 69.1 Å². The number of phenols is 1. The molecule has 0 unspecified atom stereocenters. The fourth-order valence-electron chi connectivity index (χ4n) is 9.31. The van der Waals surface area contributed by atoms with Crippen molar-refractivity contribution in [1.29, 1.82) is 0 Å². The van der Waals surface area contributed by atoms with E-state index >= 15 is 0 Å². The molecule has 2 saturated heterocycles. The summed E-state index contributed by atoms with van der Waals surface area (Å²) in [4.78, 5) is 107. The van der Waals surface area contributed by atoms with Crippen molar-refractivity contribution in [3.8, 4) is 11.5 Å². The van der Waals surface area contributed by atoms with E-state index in [1.54, 1.807) is 6.08 Å².